The highest BCUT2D eigenvalue weighted by molar-refractivity contribution is 5.13. The lowest BCUT2D eigenvalue weighted by Crippen LogP contribution is -2.04. The van der Waals surface area contributed by atoms with Crippen molar-refractivity contribution in [1.29, 1.82) is 0 Å². The van der Waals surface area contributed by atoms with Crippen LogP contribution in [0.5, 0.6) is 0 Å². The topological polar surface area (TPSA) is 29.5 Å². The van der Waals surface area contributed by atoms with E-state index in [0.717, 1.165) is 12.8 Å². The summed E-state index contributed by atoms with van der Waals surface area (Å²) in [4.78, 5) is 0. The third kappa shape index (κ3) is 5.35. The minimum atomic E-state index is -0.398. The van der Waals surface area contributed by atoms with Crippen LogP contribution in [-0.2, 0) is 11.3 Å². The molecule has 0 amide bonds. The van der Waals surface area contributed by atoms with Crippen molar-refractivity contribution in [3.63, 3.8) is 0 Å². The second kappa shape index (κ2) is 7.21. The van der Waals surface area contributed by atoms with Gasteiger partial charge in [-0.25, -0.2) is 0 Å². The molecule has 0 aliphatic heterocycles. The van der Waals surface area contributed by atoms with Crippen LogP contribution in [-0.4, -0.2) is 17.8 Å². The molecule has 0 heterocycles. The van der Waals surface area contributed by atoms with Crippen LogP contribution in [0.2, 0.25) is 0 Å². The minimum absolute atomic E-state index is 0.398. The lowest BCUT2D eigenvalue weighted by atomic mass is 10.2. The van der Waals surface area contributed by atoms with Gasteiger partial charge in [0.1, 0.15) is 0 Å². The van der Waals surface area contributed by atoms with E-state index in [-0.39, 0.29) is 0 Å². The van der Waals surface area contributed by atoms with Gasteiger partial charge >= 0.3 is 0 Å². The van der Waals surface area contributed by atoms with E-state index >= 15 is 0 Å². The van der Waals surface area contributed by atoms with Gasteiger partial charge in [-0.15, -0.1) is 6.58 Å². The summed E-state index contributed by atoms with van der Waals surface area (Å²) in [6.07, 6.45) is 2.74. The Morgan fingerprint density at radius 1 is 1.33 bits per heavy atom. The summed E-state index contributed by atoms with van der Waals surface area (Å²) in [5.74, 6) is 0. The molecular formula is C13H18O2. The number of aliphatic hydroxyl groups excluding tert-OH is 1. The monoisotopic (exact) mass is 206 g/mol. The van der Waals surface area contributed by atoms with Crippen LogP contribution in [0.25, 0.3) is 0 Å². The first-order valence-corrected chi connectivity index (χ1v) is 5.25. The zero-order valence-electron chi connectivity index (χ0n) is 8.93. The lowest BCUT2D eigenvalue weighted by Gasteiger charge is -2.06. The quantitative estimate of drug-likeness (QED) is 0.548. The normalized spacial score (nSPS) is 12.3. The number of hydrogen-bond donors (Lipinski definition) is 1. The number of hydrogen-bond acceptors (Lipinski definition) is 2. The smallest absolute Gasteiger partial charge is 0.0719 e. The van der Waals surface area contributed by atoms with Crippen LogP contribution in [0.1, 0.15) is 18.4 Å². The van der Waals surface area contributed by atoms with Gasteiger partial charge in [0.2, 0.25) is 0 Å². The number of ether oxygens (including phenoxy) is 1. The Hall–Kier alpha value is -1.12. The Kier molecular flexibility index (Phi) is 5.74. The molecule has 0 fully saturated rings. The van der Waals surface area contributed by atoms with E-state index in [1.165, 1.54) is 5.56 Å². The Balaban J connectivity index is 2.05. The molecule has 0 aromatic heterocycles. The standard InChI is InChI=1S/C13H18O2/c1-2-13(14)9-6-10-15-11-12-7-4-3-5-8-12/h2-5,7-8,13-14H,1,6,9-11H2. The highest BCUT2D eigenvalue weighted by atomic mass is 16.5. The zero-order chi connectivity index (χ0) is 10.9. The van der Waals surface area contributed by atoms with Gasteiger partial charge in [-0.05, 0) is 18.4 Å². The van der Waals surface area contributed by atoms with Crippen LogP contribution >= 0.6 is 0 Å². The van der Waals surface area contributed by atoms with Crippen molar-refractivity contribution in [2.75, 3.05) is 6.61 Å². The Bertz CT molecular complexity index is 269. The van der Waals surface area contributed by atoms with Crippen molar-refractivity contribution in [3.05, 3.63) is 48.6 Å². The second-order valence-corrected chi connectivity index (χ2v) is 3.48. The van der Waals surface area contributed by atoms with Crippen molar-refractivity contribution in [2.45, 2.75) is 25.6 Å². The molecule has 1 rings (SSSR count). The van der Waals surface area contributed by atoms with Gasteiger partial charge in [0.15, 0.2) is 0 Å². The maximum absolute atomic E-state index is 9.20. The van der Waals surface area contributed by atoms with E-state index < -0.39 is 6.10 Å². The maximum atomic E-state index is 9.20. The third-order valence-corrected chi connectivity index (χ3v) is 2.17. The predicted molar refractivity (Wildman–Crippen MR) is 61.5 cm³/mol. The fourth-order valence-corrected chi connectivity index (χ4v) is 1.28. The van der Waals surface area contributed by atoms with Gasteiger partial charge in [0.05, 0.1) is 12.7 Å². The number of rotatable bonds is 7. The van der Waals surface area contributed by atoms with Crippen LogP contribution < -0.4 is 0 Å². The first-order chi connectivity index (χ1) is 7.33. The molecule has 0 spiro atoms. The lowest BCUT2D eigenvalue weighted by molar-refractivity contribution is 0.106. The second-order valence-electron chi connectivity index (χ2n) is 3.48. The summed E-state index contributed by atoms with van der Waals surface area (Å²) in [6.45, 7) is 4.84. The van der Waals surface area contributed by atoms with Gasteiger partial charge in [0.25, 0.3) is 0 Å². The molecule has 1 aromatic rings. The van der Waals surface area contributed by atoms with Crippen molar-refractivity contribution >= 4 is 0 Å². The molecule has 1 aromatic carbocycles. The minimum Gasteiger partial charge on any atom is -0.389 e. The molecule has 1 N–H and O–H groups in total. The Morgan fingerprint density at radius 3 is 2.73 bits per heavy atom. The number of benzene rings is 1. The van der Waals surface area contributed by atoms with Crippen LogP contribution in [0.3, 0.4) is 0 Å². The Labute approximate surface area is 91.2 Å². The molecule has 0 radical (unpaired) electrons. The van der Waals surface area contributed by atoms with Crippen molar-refractivity contribution in [3.8, 4) is 0 Å². The molecule has 1 atom stereocenters. The van der Waals surface area contributed by atoms with E-state index in [0.29, 0.717) is 13.2 Å². The fraction of sp³-hybridized carbons (Fsp3) is 0.385. The third-order valence-electron chi connectivity index (χ3n) is 2.17. The molecule has 15 heavy (non-hydrogen) atoms. The molecule has 0 aliphatic rings. The summed E-state index contributed by atoms with van der Waals surface area (Å²) in [5, 5.41) is 9.20. The molecule has 1 unspecified atom stereocenters. The molecule has 0 aliphatic carbocycles. The van der Waals surface area contributed by atoms with Gasteiger partial charge in [-0.2, -0.15) is 0 Å². The Morgan fingerprint density at radius 2 is 2.07 bits per heavy atom. The highest BCUT2D eigenvalue weighted by Crippen LogP contribution is 2.03. The summed E-state index contributed by atoms with van der Waals surface area (Å²) in [6, 6.07) is 10.1. The van der Waals surface area contributed by atoms with Crippen molar-refractivity contribution in [2.24, 2.45) is 0 Å². The van der Waals surface area contributed by atoms with E-state index in [4.69, 9.17) is 4.74 Å². The maximum Gasteiger partial charge on any atom is 0.0719 e. The van der Waals surface area contributed by atoms with Gasteiger partial charge in [-0.3, -0.25) is 0 Å². The molecule has 0 bridgehead atoms. The summed E-state index contributed by atoms with van der Waals surface area (Å²) in [7, 11) is 0. The largest absolute Gasteiger partial charge is 0.389 e. The first kappa shape index (κ1) is 12.0. The average molecular weight is 206 g/mol. The molecule has 2 heteroatoms. The summed E-state index contributed by atoms with van der Waals surface area (Å²) >= 11 is 0. The molecule has 0 saturated carbocycles. The van der Waals surface area contributed by atoms with Gasteiger partial charge < -0.3 is 9.84 Å². The van der Waals surface area contributed by atoms with Crippen LogP contribution in [0, 0.1) is 0 Å². The zero-order valence-corrected chi connectivity index (χ0v) is 8.93. The van der Waals surface area contributed by atoms with Crippen LogP contribution in [0.4, 0.5) is 0 Å². The SMILES string of the molecule is C=CC(O)CCCOCc1ccccc1. The summed E-state index contributed by atoms with van der Waals surface area (Å²) < 4.78 is 5.47. The highest BCUT2D eigenvalue weighted by Gasteiger charge is 1.97. The van der Waals surface area contributed by atoms with E-state index in [1.54, 1.807) is 6.08 Å². The van der Waals surface area contributed by atoms with Crippen molar-refractivity contribution < 1.29 is 9.84 Å². The average Bonchev–Trinajstić information content (AvgIpc) is 2.29. The summed E-state index contributed by atoms with van der Waals surface area (Å²) in [5.41, 5.74) is 1.18. The van der Waals surface area contributed by atoms with E-state index in [1.807, 2.05) is 30.3 Å². The van der Waals surface area contributed by atoms with E-state index in [9.17, 15) is 5.11 Å². The van der Waals surface area contributed by atoms with Gasteiger partial charge in [-0.1, -0.05) is 36.4 Å². The van der Waals surface area contributed by atoms with Crippen LogP contribution in [0.15, 0.2) is 43.0 Å². The molecule has 0 saturated heterocycles. The van der Waals surface area contributed by atoms with Gasteiger partial charge in [0, 0.05) is 6.61 Å². The molecule has 2 nitrogen and oxygen atoms in total. The predicted octanol–water partition coefficient (Wildman–Crippen LogP) is 2.53. The molecule has 82 valence electrons. The van der Waals surface area contributed by atoms with Crippen molar-refractivity contribution in [1.82, 2.24) is 0 Å². The molecular weight excluding hydrogens is 188 g/mol. The number of aliphatic hydroxyl groups is 1. The first-order valence-electron chi connectivity index (χ1n) is 5.25. The fourth-order valence-electron chi connectivity index (χ4n) is 1.28. The van der Waals surface area contributed by atoms with E-state index in [2.05, 4.69) is 6.58 Å².